The lowest BCUT2D eigenvalue weighted by Crippen LogP contribution is -1.95. The first-order chi connectivity index (χ1) is 7.70. The van der Waals surface area contributed by atoms with Crippen molar-refractivity contribution in [3.8, 4) is 17.1 Å². The summed E-state index contributed by atoms with van der Waals surface area (Å²) in [5, 5.41) is 0. The molecule has 2 aromatic heterocycles. The molecule has 82 valence electrons. The van der Waals surface area contributed by atoms with Crippen LogP contribution in [0.15, 0.2) is 24.7 Å². The smallest absolute Gasteiger partial charge is 0.213 e. The van der Waals surface area contributed by atoms with Crippen LogP contribution in [0.5, 0.6) is 5.88 Å². The van der Waals surface area contributed by atoms with E-state index in [4.69, 9.17) is 10.5 Å². The number of nitrogens with two attached hydrogens (primary N) is 1. The van der Waals surface area contributed by atoms with E-state index < -0.39 is 0 Å². The second-order valence-corrected chi connectivity index (χ2v) is 3.37. The zero-order chi connectivity index (χ0) is 11.5. The van der Waals surface area contributed by atoms with E-state index in [2.05, 4.69) is 15.0 Å². The number of ether oxygens (including phenoxy) is 1. The van der Waals surface area contributed by atoms with Gasteiger partial charge in [-0.3, -0.25) is 4.98 Å². The van der Waals surface area contributed by atoms with Crippen molar-refractivity contribution in [2.45, 2.75) is 6.92 Å². The van der Waals surface area contributed by atoms with Crippen LogP contribution in [0.25, 0.3) is 11.3 Å². The molecule has 0 bridgehead atoms. The van der Waals surface area contributed by atoms with Gasteiger partial charge in [-0.25, -0.2) is 9.97 Å². The van der Waals surface area contributed by atoms with Crippen molar-refractivity contribution < 1.29 is 4.74 Å². The van der Waals surface area contributed by atoms with Crippen molar-refractivity contribution in [3.05, 3.63) is 30.2 Å². The van der Waals surface area contributed by atoms with Gasteiger partial charge >= 0.3 is 0 Å². The van der Waals surface area contributed by atoms with Gasteiger partial charge in [0, 0.05) is 17.8 Å². The summed E-state index contributed by atoms with van der Waals surface area (Å²) in [6, 6.07) is 1.85. The first-order valence-corrected chi connectivity index (χ1v) is 4.79. The summed E-state index contributed by atoms with van der Waals surface area (Å²) in [4.78, 5) is 12.3. The van der Waals surface area contributed by atoms with Crippen LogP contribution >= 0.6 is 0 Å². The number of anilines is 1. The number of hydrogen-bond donors (Lipinski definition) is 1. The second kappa shape index (κ2) is 4.14. The SMILES string of the molecule is COc1cc(C)c(-c2cnc(N)cn2)cn1. The Labute approximate surface area is 93.3 Å². The second-order valence-electron chi connectivity index (χ2n) is 3.37. The van der Waals surface area contributed by atoms with Crippen molar-refractivity contribution in [2.75, 3.05) is 12.8 Å². The fraction of sp³-hybridized carbons (Fsp3) is 0.182. The molecule has 0 fully saturated rings. The number of rotatable bonds is 2. The Morgan fingerprint density at radius 1 is 1.12 bits per heavy atom. The van der Waals surface area contributed by atoms with Gasteiger partial charge in [-0.1, -0.05) is 0 Å². The van der Waals surface area contributed by atoms with Crippen molar-refractivity contribution >= 4 is 5.82 Å². The van der Waals surface area contributed by atoms with E-state index in [9.17, 15) is 0 Å². The molecule has 0 unspecified atom stereocenters. The van der Waals surface area contributed by atoms with E-state index in [1.807, 2.05) is 13.0 Å². The fourth-order valence-electron chi connectivity index (χ4n) is 1.39. The lowest BCUT2D eigenvalue weighted by atomic mass is 10.1. The van der Waals surface area contributed by atoms with Crippen LogP contribution in [0, 0.1) is 6.92 Å². The topological polar surface area (TPSA) is 73.9 Å². The van der Waals surface area contributed by atoms with Gasteiger partial charge in [0.2, 0.25) is 5.88 Å². The molecule has 0 aromatic carbocycles. The Morgan fingerprint density at radius 3 is 2.50 bits per heavy atom. The normalized spacial score (nSPS) is 10.1. The molecule has 2 rings (SSSR count). The summed E-state index contributed by atoms with van der Waals surface area (Å²) >= 11 is 0. The minimum absolute atomic E-state index is 0.405. The van der Waals surface area contributed by atoms with E-state index in [0.717, 1.165) is 16.8 Å². The van der Waals surface area contributed by atoms with E-state index in [1.54, 1.807) is 19.5 Å². The van der Waals surface area contributed by atoms with E-state index in [0.29, 0.717) is 11.7 Å². The van der Waals surface area contributed by atoms with Gasteiger partial charge in [0.05, 0.1) is 25.2 Å². The lowest BCUT2D eigenvalue weighted by Gasteiger charge is -2.06. The number of methoxy groups -OCH3 is 1. The van der Waals surface area contributed by atoms with Gasteiger partial charge < -0.3 is 10.5 Å². The van der Waals surface area contributed by atoms with E-state index in [-0.39, 0.29) is 0 Å². The number of aryl methyl sites for hydroxylation is 1. The minimum atomic E-state index is 0.405. The molecular weight excluding hydrogens is 204 g/mol. The van der Waals surface area contributed by atoms with E-state index >= 15 is 0 Å². The molecule has 5 heteroatoms. The first-order valence-electron chi connectivity index (χ1n) is 4.79. The fourth-order valence-corrected chi connectivity index (χ4v) is 1.39. The molecule has 2 aromatic rings. The molecule has 2 N–H and O–H groups in total. The predicted molar refractivity (Wildman–Crippen MR) is 61.0 cm³/mol. The van der Waals surface area contributed by atoms with Crippen LogP contribution < -0.4 is 10.5 Å². The molecule has 0 aliphatic rings. The molecule has 0 amide bonds. The Kier molecular flexibility index (Phi) is 2.68. The first kappa shape index (κ1) is 10.4. The number of hydrogen-bond acceptors (Lipinski definition) is 5. The molecule has 0 radical (unpaired) electrons. The average Bonchev–Trinajstić information content (AvgIpc) is 2.30. The Bertz CT molecular complexity index is 496. The van der Waals surface area contributed by atoms with Crippen molar-refractivity contribution in [1.29, 1.82) is 0 Å². The van der Waals surface area contributed by atoms with E-state index in [1.165, 1.54) is 6.20 Å². The lowest BCUT2D eigenvalue weighted by molar-refractivity contribution is 0.397. The van der Waals surface area contributed by atoms with Crippen molar-refractivity contribution in [1.82, 2.24) is 15.0 Å². The highest BCUT2D eigenvalue weighted by molar-refractivity contribution is 5.62. The molecule has 0 aliphatic heterocycles. The minimum Gasteiger partial charge on any atom is -0.481 e. The van der Waals surface area contributed by atoms with Crippen molar-refractivity contribution in [2.24, 2.45) is 0 Å². The zero-order valence-electron chi connectivity index (χ0n) is 9.14. The molecular formula is C11H12N4O. The van der Waals surface area contributed by atoms with Gasteiger partial charge in [-0.05, 0) is 12.5 Å². The van der Waals surface area contributed by atoms with Gasteiger partial charge in [-0.2, -0.15) is 0 Å². The summed E-state index contributed by atoms with van der Waals surface area (Å²) in [5.74, 6) is 0.993. The van der Waals surface area contributed by atoms with Crippen LogP contribution in [0.2, 0.25) is 0 Å². The molecule has 5 nitrogen and oxygen atoms in total. The molecule has 0 saturated carbocycles. The number of nitrogens with zero attached hydrogens (tertiary/aromatic N) is 3. The highest BCUT2D eigenvalue weighted by Crippen LogP contribution is 2.22. The highest BCUT2D eigenvalue weighted by atomic mass is 16.5. The third-order valence-corrected chi connectivity index (χ3v) is 2.24. The third-order valence-electron chi connectivity index (χ3n) is 2.24. The maximum Gasteiger partial charge on any atom is 0.213 e. The Balaban J connectivity index is 2.44. The van der Waals surface area contributed by atoms with Crippen LogP contribution in [-0.2, 0) is 0 Å². The molecule has 16 heavy (non-hydrogen) atoms. The zero-order valence-corrected chi connectivity index (χ0v) is 9.14. The van der Waals surface area contributed by atoms with Gasteiger partial charge in [-0.15, -0.1) is 0 Å². The maximum atomic E-state index is 5.48. The number of pyridine rings is 1. The summed E-state index contributed by atoms with van der Waals surface area (Å²) in [5.41, 5.74) is 8.19. The molecule has 0 aliphatic carbocycles. The van der Waals surface area contributed by atoms with Gasteiger partial charge in [0.15, 0.2) is 0 Å². The summed E-state index contributed by atoms with van der Waals surface area (Å²) < 4.78 is 5.04. The summed E-state index contributed by atoms with van der Waals surface area (Å²) in [7, 11) is 1.59. The number of aromatic nitrogens is 3. The predicted octanol–water partition coefficient (Wildman–Crippen LogP) is 1.44. The molecule has 0 saturated heterocycles. The average molecular weight is 216 g/mol. The molecule has 0 atom stereocenters. The van der Waals surface area contributed by atoms with Crippen LogP contribution in [-0.4, -0.2) is 22.1 Å². The number of nitrogen functional groups attached to an aromatic ring is 1. The highest BCUT2D eigenvalue weighted by Gasteiger charge is 2.05. The molecule has 2 heterocycles. The van der Waals surface area contributed by atoms with Crippen LogP contribution in [0.4, 0.5) is 5.82 Å². The summed E-state index contributed by atoms with van der Waals surface area (Å²) in [6.07, 6.45) is 4.87. The van der Waals surface area contributed by atoms with Crippen molar-refractivity contribution in [3.63, 3.8) is 0 Å². The Hall–Kier alpha value is -2.17. The monoisotopic (exact) mass is 216 g/mol. The van der Waals surface area contributed by atoms with Gasteiger partial charge in [0.1, 0.15) is 5.82 Å². The quantitative estimate of drug-likeness (QED) is 0.822. The third kappa shape index (κ3) is 1.93. The summed E-state index contributed by atoms with van der Waals surface area (Å²) in [6.45, 7) is 1.97. The standard InChI is InChI=1S/C11H12N4O/c1-7-3-11(16-2)15-4-8(7)9-5-14-10(12)6-13-9/h3-6H,1-2H3,(H2,12,14). The largest absolute Gasteiger partial charge is 0.481 e. The van der Waals surface area contributed by atoms with Crippen LogP contribution in [0.1, 0.15) is 5.56 Å². The Morgan fingerprint density at radius 2 is 1.94 bits per heavy atom. The maximum absolute atomic E-state index is 5.48. The van der Waals surface area contributed by atoms with Crippen LogP contribution in [0.3, 0.4) is 0 Å². The van der Waals surface area contributed by atoms with Gasteiger partial charge in [0.25, 0.3) is 0 Å². The molecule has 0 spiro atoms.